The van der Waals surface area contributed by atoms with Crippen LogP contribution in [0.25, 0.3) is 11.1 Å². The number of hydrogen-bond donors (Lipinski definition) is 0. The van der Waals surface area contributed by atoms with Gasteiger partial charge in [0.05, 0.1) is 0 Å². The number of nitrogens with zero attached hydrogens (tertiary/aromatic N) is 2. The first-order valence-corrected chi connectivity index (χ1v) is 16.8. The van der Waals surface area contributed by atoms with Gasteiger partial charge in [-0.2, -0.15) is 0 Å². The molecule has 2 aromatic carbocycles. The van der Waals surface area contributed by atoms with Gasteiger partial charge in [0.25, 0.3) is 0 Å². The maximum absolute atomic E-state index is 13.0. The number of carbonyl (C=O) groups is 6. The molecule has 2 amide bonds. The lowest BCUT2D eigenvalue weighted by Gasteiger charge is -2.27. The molecule has 2 saturated heterocycles. The van der Waals surface area contributed by atoms with Crippen molar-refractivity contribution in [2.45, 2.75) is 97.1 Å². The number of benzene rings is 2. The molecule has 2 fully saturated rings. The number of ether oxygens (including phenoxy) is 5. The number of hydrogen-bond acceptors (Lipinski definition) is 11. The summed E-state index contributed by atoms with van der Waals surface area (Å²) in [4.78, 5) is 79.3. The van der Waals surface area contributed by atoms with E-state index in [1.54, 1.807) is 77.9 Å². The third-order valence-electron chi connectivity index (χ3n) is 8.40. The lowest BCUT2D eigenvalue weighted by molar-refractivity contribution is -0.148. The monoisotopic (exact) mass is 692 g/mol. The lowest BCUT2D eigenvalue weighted by Crippen LogP contribution is -2.44. The van der Waals surface area contributed by atoms with Crippen LogP contribution in [0.3, 0.4) is 0 Å². The number of ketones is 2. The molecule has 0 bridgehead atoms. The van der Waals surface area contributed by atoms with Gasteiger partial charge in [0.15, 0.2) is 24.8 Å². The first kappa shape index (κ1) is 36.3. The maximum Gasteiger partial charge on any atom is 0.411 e. The summed E-state index contributed by atoms with van der Waals surface area (Å²) in [5.74, 6) is -1.69. The van der Waals surface area contributed by atoms with E-state index in [1.165, 1.54) is 9.80 Å². The van der Waals surface area contributed by atoms with E-state index >= 15 is 0 Å². The normalized spacial score (nSPS) is 18.4. The molecule has 2 atom stereocenters. The highest BCUT2D eigenvalue weighted by Crippen LogP contribution is 2.38. The minimum absolute atomic E-state index is 0.130. The number of esters is 2. The Labute approximate surface area is 291 Å². The molecule has 0 unspecified atom stereocenters. The minimum Gasteiger partial charge on any atom is -0.488 e. The summed E-state index contributed by atoms with van der Waals surface area (Å²) in [7, 11) is 0. The van der Waals surface area contributed by atoms with E-state index in [-0.39, 0.29) is 12.2 Å². The molecule has 0 spiro atoms. The van der Waals surface area contributed by atoms with Crippen LogP contribution in [0.4, 0.5) is 9.59 Å². The van der Waals surface area contributed by atoms with Gasteiger partial charge in [0.1, 0.15) is 35.6 Å². The van der Waals surface area contributed by atoms with Crippen molar-refractivity contribution in [2.24, 2.45) is 0 Å². The van der Waals surface area contributed by atoms with Crippen molar-refractivity contribution in [3.05, 3.63) is 53.1 Å². The van der Waals surface area contributed by atoms with Gasteiger partial charge < -0.3 is 23.7 Å². The third-order valence-corrected chi connectivity index (χ3v) is 8.40. The van der Waals surface area contributed by atoms with Crippen LogP contribution in [-0.2, 0) is 35.1 Å². The van der Waals surface area contributed by atoms with Crippen molar-refractivity contribution in [1.29, 1.82) is 0 Å². The van der Waals surface area contributed by atoms with Crippen LogP contribution >= 0.6 is 0 Å². The predicted molar refractivity (Wildman–Crippen MR) is 179 cm³/mol. The van der Waals surface area contributed by atoms with Crippen molar-refractivity contribution in [2.75, 3.05) is 26.3 Å². The fourth-order valence-electron chi connectivity index (χ4n) is 6.08. The van der Waals surface area contributed by atoms with E-state index < -0.39 is 72.2 Å². The average molecular weight is 693 g/mol. The molecular formula is C37H44N2O11. The minimum atomic E-state index is -0.813. The van der Waals surface area contributed by atoms with Crippen molar-refractivity contribution < 1.29 is 52.5 Å². The fourth-order valence-corrected chi connectivity index (χ4v) is 6.08. The van der Waals surface area contributed by atoms with E-state index in [4.69, 9.17) is 23.7 Å². The molecule has 2 aromatic rings. The van der Waals surface area contributed by atoms with Crippen molar-refractivity contribution >= 4 is 35.7 Å². The van der Waals surface area contributed by atoms with Gasteiger partial charge in [0.2, 0.25) is 0 Å². The number of amides is 2. The van der Waals surface area contributed by atoms with Gasteiger partial charge in [-0.15, -0.1) is 0 Å². The summed E-state index contributed by atoms with van der Waals surface area (Å²) < 4.78 is 27.4. The molecular weight excluding hydrogens is 648 g/mol. The number of rotatable bonds is 8. The lowest BCUT2D eigenvalue weighted by atomic mass is 9.93. The van der Waals surface area contributed by atoms with Gasteiger partial charge in [0, 0.05) is 29.8 Å². The first-order valence-electron chi connectivity index (χ1n) is 16.8. The van der Waals surface area contributed by atoms with Crippen LogP contribution in [0.1, 0.15) is 93.5 Å². The third kappa shape index (κ3) is 8.61. The molecule has 3 aliphatic heterocycles. The van der Waals surface area contributed by atoms with Gasteiger partial charge in [-0.05, 0) is 96.6 Å². The van der Waals surface area contributed by atoms with Crippen LogP contribution in [0.15, 0.2) is 36.4 Å². The molecule has 13 heteroatoms. The second-order valence-electron chi connectivity index (χ2n) is 14.6. The van der Waals surface area contributed by atoms with E-state index in [2.05, 4.69) is 0 Å². The molecule has 0 aliphatic carbocycles. The largest absolute Gasteiger partial charge is 0.488 e. The van der Waals surface area contributed by atoms with Crippen LogP contribution in [0, 0.1) is 0 Å². The highest BCUT2D eigenvalue weighted by molar-refractivity contribution is 6.01. The van der Waals surface area contributed by atoms with Crippen LogP contribution in [0.5, 0.6) is 5.75 Å². The molecule has 50 heavy (non-hydrogen) atoms. The van der Waals surface area contributed by atoms with Gasteiger partial charge >= 0.3 is 24.1 Å². The Morgan fingerprint density at radius 2 is 1.14 bits per heavy atom. The summed E-state index contributed by atoms with van der Waals surface area (Å²) in [6, 6.07) is 8.38. The molecule has 3 heterocycles. The summed E-state index contributed by atoms with van der Waals surface area (Å²) in [5.41, 5.74) is 1.47. The second-order valence-corrected chi connectivity index (χ2v) is 14.6. The quantitative estimate of drug-likeness (QED) is 0.196. The van der Waals surface area contributed by atoms with Crippen molar-refractivity contribution in [1.82, 2.24) is 9.80 Å². The Morgan fingerprint density at radius 3 is 1.62 bits per heavy atom. The zero-order chi connectivity index (χ0) is 36.4. The smallest absolute Gasteiger partial charge is 0.411 e. The standard InChI is InChI=1S/C37H44N2O11/c1-36(2,3)49-34(44)38-15-7-9-27(38)32(42)47-20-29(40)22-11-13-25-24(17-22)19-46-31-18-23(12-14-26(25)31)30(41)21-48-33(43)28-10-8-16-39(28)35(45)50-37(4,5)6/h11-14,17-18,27-28H,7-10,15-16,19-21H2,1-6H3/t27-,28-/m0/s1. The molecule has 0 N–H and O–H groups in total. The summed E-state index contributed by atoms with van der Waals surface area (Å²) in [5, 5.41) is 0. The van der Waals surface area contributed by atoms with Gasteiger partial charge in [-0.3, -0.25) is 19.4 Å². The van der Waals surface area contributed by atoms with Gasteiger partial charge in [-0.1, -0.05) is 18.2 Å². The Balaban J connectivity index is 1.16. The average Bonchev–Trinajstić information content (AvgIpc) is 3.75. The molecule has 268 valence electrons. The first-order chi connectivity index (χ1) is 23.5. The topological polar surface area (TPSA) is 155 Å². The number of fused-ring (bicyclic) bond motifs is 3. The van der Waals surface area contributed by atoms with Crippen molar-refractivity contribution in [3.8, 4) is 16.9 Å². The van der Waals surface area contributed by atoms with E-state index in [1.807, 2.05) is 0 Å². The summed E-state index contributed by atoms with van der Waals surface area (Å²) >= 11 is 0. The SMILES string of the molecule is CC(C)(C)OC(=O)N1CCC[C@H]1C(=O)OCC(=O)c1ccc2c(c1)COc1cc(C(=O)COC(=O)[C@@H]3CCCN3C(=O)OC(C)(C)C)ccc1-2. The maximum atomic E-state index is 13.0. The molecule has 0 saturated carbocycles. The number of carbonyl (C=O) groups excluding carboxylic acids is 6. The zero-order valence-electron chi connectivity index (χ0n) is 29.4. The number of Topliss-reactive ketones (excluding diaryl/α,β-unsaturated/α-hetero) is 2. The summed E-state index contributed by atoms with van der Waals surface area (Å²) in [6.07, 6.45) is 0.907. The van der Waals surface area contributed by atoms with Gasteiger partial charge in [-0.25, -0.2) is 19.2 Å². The molecule has 0 aromatic heterocycles. The summed E-state index contributed by atoms with van der Waals surface area (Å²) in [6.45, 7) is 10.4. The molecule has 0 radical (unpaired) electrons. The van der Waals surface area contributed by atoms with E-state index in [9.17, 15) is 28.8 Å². The van der Waals surface area contributed by atoms with Crippen LogP contribution in [0.2, 0.25) is 0 Å². The van der Waals surface area contributed by atoms with E-state index in [0.717, 1.165) is 11.1 Å². The highest BCUT2D eigenvalue weighted by Gasteiger charge is 2.39. The Bertz CT molecular complexity index is 1560. The van der Waals surface area contributed by atoms with E-state index in [0.29, 0.717) is 55.6 Å². The van der Waals surface area contributed by atoms with Crippen LogP contribution in [-0.4, -0.2) is 95.1 Å². The second kappa shape index (κ2) is 14.5. The molecule has 13 nitrogen and oxygen atoms in total. The highest BCUT2D eigenvalue weighted by atomic mass is 16.6. The Hall–Kier alpha value is -4.94. The Morgan fingerprint density at radius 1 is 0.680 bits per heavy atom. The fraction of sp³-hybridized carbons (Fsp3) is 0.514. The molecule has 3 aliphatic rings. The Kier molecular flexibility index (Phi) is 10.5. The van der Waals surface area contributed by atoms with Crippen molar-refractivity contribution in [3.63, 3.8) is 0 Å². The predicted octanol–water partition coefficient (Wildman–Crippen LogP) is 5.50. The molecule has 5 rings (SSSR count). The van der Waals surface area contributed by atoms with Crippen LogP contribution < -0.4 is 4.74 Å². The number of likely N-dealkylation sites (tertiary alicyclic amines) is 2. The zero-order valence-corrected chi connectivity index (χ0v) is 29.4.